The molecular formula is C25H33Cl2FN4. The van der Waals surface area contributed by atoms with E-state index in [9.17, 15) is 4.39 Å². The summed E-state index contributed by atoms with van der Waals surface area (Å²) in [6.45, 7) is 13.0. The molecule has 4 nitrogen and oxygen atoms in total. The summed E-state index contributed by atoms with van der Waals surface area (Å²) < 4.78 is 13.3. The Bertz CT molecular complexity index is 907. The predicted molar refractivity (Wildman–Crippen MR) is 134 cm³/mol. The first-order valence-corrected chi connectivity index (χ1v) is 12.2. The van der Waals surface area contributed by atoms with Gasteiger partial charge in [-0.05, 0) is 36.6 Å². The molecule has 1 fully saturated rings. The van der Waals surface area contributed by atoms with Crippen molar-refractivity contribution in [2.24, 2.45) is 0 Å². The average Bonchev–Trinajstić information content (AvgIpc) is 2.79. The molecule has 1 N–H and O–H groups in total. The number of nitrogens with one attached hydrogen (secondary N) is 1. The Kier molecular flexibility index (Phi) is 9.21. The van der Waals surface area contributed by atoms with Crippen LogP contribution in [0.25, 0.3) is 5.70 Å². The van der Waals surface area contributed by atoms with Crippen LogP contribution in [0, 0.1) is 5.82 Å². The van der Waals surface area contributed by atoms with Crippen LogP contribution in [0.5, 0.6) is 0 Å². The molecule has 0 radical (unpaired) electrons. The lowest BCUT2D eigenvalue weighted by molar-refractivity contribution is 0.165. The summed E-state index contributed by atoms with van der Waals surface area (Å²) in [4.78, 5) is 9.55. The highest BCUT2D eigenvalue weighted by Crippen LogP contribution is 2.28. The third kappa shape index (κ3) is 6.37. The third-order valence-corrected chi connectivity index (χ3v) is 6.60. The van der Waals surface area contributed by atoms with Crippen LogP contribution < -0.4 is 10.2 Å². The normalized spacial score (nSPS) is 14.8. The molecule has 174 valence electrons. The lowest BCUT2D eigenvalue weighted by Crippen LogP contribution is -2.50. The molecule has 1 aliphatic rings. The number of hydrogen-bond acceptors (Lipinski definition) is 4. The van der Waals surface area contributed by atoms with Gasteiger partial charge in [-0.25, -0.2) is 9.37 Å². The van der Waals surface area contributed by atoms with Crippen LogP contribution in [0.15, 0.2) is 37.0 Å². The second-order valence-corrected chi connectivity index (χ2v) is 9.18. The number of benzene rings is 1. The highest BCUT2D eigenvalue weighted by Gasteiger charge is 2.24. The molecule has 0 bridgehead atoms. The summed E-state index contributed by atoms with van der Waals surface area (Å²) in [5.41, 5.74) is 2.41. The Morgan fingerprint density at radius 1 is 1.09 bits per heavy atom. The van der Waals surface area contributed by atoms with Gasteiger partial charge < -0.3 is 10.2 Å². The Morgan fingerprint density at radius 2 is 1.78 bits per heavy atom. The Hall–Kier alpha value is -1.82. The maximum Gasteiger partial charge on any atom is 0.147 e. The maximum absolute atomic E-state index is 13.3. The fourth-order valence-electron chi connectivity index (χ4n) is 4.26. The van der Waals surface area contributed by atoms with E-state index in [4.69, 9.17) is 23.2 Å². The predicted octanol–water partition coefficient (Wildman–Crippen LogP) is 6.38. The quantitative estimate of drug-likeness (QED) is 0.429. The summed E-state index contributed by atoms with van der Waals surface area (Å²) >= 11 is 12.5. The van der Waals surface area contributed by atoms with Gasteiger partial charge in [0.15, 0.2) is 0 Å². The molecule has 0 atom stereocenters. The fourth-order valence-corrected chi connectivity index (χ4v) is 4.75. The van der Waals surface area contributed by atoms with Gasteiger partial charge >= 0.3 is 0 Å². The van der Waals surface area contributed by atoms with Crippen LogP contribution >= 0.6 is 23.2 Å². The van der Waals surface area contributed by atoms with Gasteiger partial charge in [0.1, 0.15) is 11.6 Å². The number of aromatic nitrogens is 1. The molecule has 1 saturated heterocycles. The Balaban J connectivity index is 1.57. The van der Waals surface area contributed by atoms with Gasteiger partial charge in [-0.1, -0.05) is 62.5 Å². The molecule has 32 heavy (non-hydrogen) atoms. The SMILES string of the molecule is C=C(NCc1ccc(F)c(Cl)c1)c1cnc(N2CCN(C(CCC)CCC)CC2)c(Cl)c1. The number of halogens is 3. The smallest absolute Gasteiger partial charge is 0.147 e. The van der Waals surface area contributed by atoms with Gasteiger partial charge in [0, 0.05) is 56.2 Å². The second kappa shape index (κ2) is 11.9. The standard InChI is InChI=1S/C25H33Cl2FN4/c1-4-6-21(7-5-2)31-10-12-32(13-11-31)25-23(27)15-20(17-30-25)18(3)29-16-19-8-9-24(28)22(26)14-19/h8-9,14-15,17,21,29H,3-7,10-13,16H2,1-2H3. The molecule has 0 aliphatic carbocycles. The molecular weight excluding hydrogens is 446 g/mol. The number of piperazine rings is 1. The number of rotatable bonds is 10. The van der Waals surface area contributed by atoms with Crippen LogP contribution in [0.2, 0.25) is 10.0 Å². The van der Waals surface area contributed by atoms with E-state index in [2.05, 4.69) is 40.5 Å². The number of hydrogen-bond donors (Lipinski definition) is 1. The molecule has 0 amide bonds. The van der Waals surface area contributed by atoms with Crippen LogP contribution in [-0.4, -0.2) is 42.1 Å². The summed E-state index contributed by atoms with van der Waals surface area (Å²) in [5, 5.41) is 3.97. The zero-order chi connectivity index (χ0) is 23.1. The van der Waals surface area contributed by atoms with Crippen molar-refractivity contribution in [1.82, 2.24) is 15.2 Å². The molecule has 1 aromatic heterocycles. The molecule has 0 saturated carbocycles. The van der Waals surface area contributed by atoms with Crippen molar-refractivity contribution in [3.63, 3.8) is 0 Å². The molecule has 7 heteroatoms. The van der Waals surface area contributed by atoms with Gasteiger partial charge in [0.2, 0.25) is 0 Å². The van der Waals surface area contributed by atoms with E-state index >= 15 is 0 Å². The fraction of sp³-hybridized carbons (Fsp3) is 0.480. The highest BCUT2D eigenvalue weighted by molar-refractivity contribution is 6.33. The minimum Gasteiger partial charge on any atom is -0.381 e. The number of anilines is 1. The maximum atomic E-state index is 13.3. The van der Waals surface area contributed by atoms with Gasteiger partial charge in [-0.2, -0.15) is 0 Å². The van der Waals surface area contributed by atoms with Crippen molar-refractivity contribution in [2.75, 3.05) is 31.1 Å². The summed E-state index contributed by atoms with van der Waals surface area (Å²) in [5.74, 6) is 0.406. The topological polar surface area (TPSA) is 31.4 Å². The second-order valence-electron chi connectivity index (χ2n) is 8.36. The van der Waals surface area contributed by atoms with Gasteiger partial charge in [-0.3, -0.25) is 4.90 Å². The van der Waals surface area contributed by atoms with Crippen molar-refractivity contribution < 1.29 is 4.39 Å². The molecule has 0 unspecified atom stereocenters. The van der Waals surface area contributed by atoms with Crippen molar-refractivity contribution >= 4 is 34.7 Å². The first kappa shape index (κ1) is 24.8. The van der Waals surface area contributed by atoms with E-state index in [0.29, 0.717) is 23.3 Å². The van der Waals surface area contributed by atoms with Crippen molar-refractivity contribution in [3.8, 4) is 0 Å². The third-order valence-electron chi connectivity index (χ3n) is 6.03. The minimum absolute atomic E-state index is 0.111. The molecule has 1 aromatic carbocycles. The number of nitrogens with zero attached hydrogens (tertiary/aromatic N) is 3. The summed E-state index contributed by atoms with van der Waals surface area (Å²) in [6, 6.07) is 7.25. The Labute approximate surface area is 201 Å². The van der Waals surface area contributed by atoms with Gasteiger partial charge in [-0.15, -0.1) is 0 Å². The van der Waals surface area contributed by atoms with Gasteiger partial charge in [0.05, 0.1) is 10.0 Å². The van der Waals surface area contributed by atoms with E-state index in [1.54, 1.807) is 18.3 Å². The molecule has 0 spiro atoms. The van der Waals surface area contributed by atoms with Crippen LogP contribution in [-0.2, 0) is 6.54 Å². The summed E-state index contributed by atoms with van der Waals surface area (Å²) in [6.07, 6.45) is 6.79. The van der Waals surface area contributed by atoms with Gasteiger partial charge in [0.25, 0.3) is 0 Å². The molecule has 2 aromatic rings. The van der Waals surface area contributed by atoms with Crippen molar-refractivity contribution in [2.45, 2.75) is 52.1 Å². The molecule has 1 aliphatic heterocycles. The number of pyridine rings is 1. The van der Waals surface area contributed by atoms with E-state index in [1.807, 2.05) is 6.07 Å². The summed E-state index contributed by atoms with van der Waals surface area (Å²) in [7, 11) is 0. The first-order valence-electron chi connectivity index (χ1n) is 11.4. The first-order chi connectivity index (χ1) is 15.4. The van der Waals surface area contributed by atoms with E-state index in [1.165, 1.54) is 31.7 Å². The monoisotopic (exact) mass is 478 g/mol. The molecule has 2 heterocycles. The van der Waals surface area contributed by atoms with E-state index in [0.717, 1.165) is 43.1 Å². The van der Waals surface area contributed by atoms with E-state index in [-0.39, 0.29) is 5.02 Å². The largest absolute Gasteiger partial charge is 0.381 e. The molecule has 3 rings (SSSR count). The zero-order valence-corrected chi connectivity index (χ0v) is 20.5. The Morgan fingerprint density at radius 3 is 2.38 bits per heavy atom. The van der Waals surface area contributed by atoms with Crippen molar-refractivity contribution in [3.05, 3.63) is 64.0 Å². The lowest BCUT2D eigenvalue weighted by atomic mass is 10.0. The van der Waals surface area contributed by atoms with E-state index < -0.39 is 5.82 Å². The van der Waals surface area contributed by atoms with Crippen LogP contribution in [0.4, 0.5) is 10.2 Å². The van der Waals surface area contributed by atoms with Crippen LogP contribution in [0.1, 0.15) is 50.7 Å². The van der Waals surface area contributed by atoms with Crippen LogP contribution in [0.3, 0.4) is 0 Å². The lowest BCUT2D eigenvalue weighted by Gasteiger charge is -2.40. The average molecular weight is 479 g/mol. The zero-order valence-electron chi connectivity index (χ0n) is 19.0. The minimum atomic E-state index is -0.423. The highest BCUT2D eigenvalue weighted by atomic mass is 35.5. The van der Waals surface area contributed by atoms with Crippen molar-refractivity contribution in [1.29, 1.82) is 0 Å².